The van der Waals surface area contributed by atoms with Gasteiger partial charge < -0.3 is 14.9 Å². The number of aliphatic hydroxyl groups is 2. The summed E-state index contributed by atoms with van der Waals surface area (Å²) in [6.07, 6.45) is 2.41. The molecule has 1 heterocycles. The van der Waals surface area contributed by atoms with Crippen molar-refractivity contribution in [3.63, 3.8) is 0 Å². The van der Waals surface area contributed by atoms with Crippen molar-refractivity contribution in [1.29, 1.82) is 0 Å². The molecule has 2 fully saturated rings. The van der Waals surface area contributed by atoms with E-state index in [0.29, 0.717) is 12.0 Å². The Kier molecular flexibility index (Phi) is 2.59. The van der Waals surface area contributed by atoms with Crippen LogP contribution in [0, 0.1) is 11.3 Å². The van der Waals surface area contributed by atoms with Gasteiger partial charge in [0.1, 0.15) is 6.10 Å². The molecule has 0 aromatic carbocycles. The molecule has 0 aromatic rings. The molecule has 4 nitrogen and oxygen atoms in total. The van der Waals surface area contributed by atoms with E-state index in [0.717, 1.165) is 12.0 Å². The van der Waals surface area contributed by atoms with Crippen molar-refractivity contribution in [1.82, 2.24) is 0 Å². The molecular weight excluding hydrogens is 244 g/mol. The minimum absolute atomic E-state index is 0.0268. The van der Waals surface area contributed by atoms with Crippen LogP contribution in [0.1, 0.15) is 26.7 Å². The van der Waals surface area contributed by atoms with Crippen LogP contribution in [0.15, 0.2) is 23.8 Å². The molecule has 0 unspecified atom stereocenters. The van der Waals surface area contributed by atoms with Crippen LogP contribution in [0.25, 0.3) is 0 Å². The number of rotatable bonds is 2. The third kappa shape index (κ3) is 1.37. The van der Waals surface area contributed by atoms with E-state index in [4.69, 9.17) is 4.74 Å². The highest BCUT2D eigenvalue weighted by atomic mass is 16.6. The van der Waals surface area contributed by atoms with E-state index in [-0.39, 0.29) is 35.9 Å². The summed E-state index contributed by atoms with van der Waals surface area (Å²) in [5.74, 6) is -0.0772. The highest BCUT2D eigenvalue weighted by Crippen LogP contribution is 2.63. The van der Waals surface area contributed by atoms with Gasteiger partial charge in [0, 0.05) is 5.41 Å². The van der Waals surface area contributed by atoms with E-state index >= 15 is 0 Å². The predicted octanol–water partition coefficient (Wildman–Crippen LogP) is 0.979. The van der Waals surface area contributed by atoms with Gasteiger partial charge in [0.25, 0.3) is 0 Å². The Hall–Kier alpha value is -0.970. The van der Waals surface area contributed by atoms with Gasteiger partial charge in [-0.3, -0.25) is 4.79 Å². The first kappa shape index (κ1) is 13.0. The second-order valence-corrected chi connectivity index (χ2v) is 6.21. The van der Waals surface area contributed by atoms with Crippen LogP contribution in [0.5, 0.6) is 0 Å². The van der Waals surface area contributed by atoms with Crippen LogP contribution >= 0.6 is 0 Å². The van der Waals surface area contributed by atoms with Crippen molar-refractivity contribution in [2.45, 2.75) is 44.5 Å². The fourth-order valence-electron chi connectivity index (χ4n) is 3.86. The molecule has 1 saturated heterocycles. The van der Waals surface area contributed by atoms with E-state index in [9.17, 15) is 15.0 Å². The van der Waals surface area contributed by atoms with E-state index < -0.39 is 5.60 Å². The summed E-state index contributed by atoms with van der Waals surface area (Å²) in [5.41, 5.74) is 0.104. The van der Waals surface area contributed by atoms with Crippen molar-refractivity contribution in [3.8, 4) is 0 Å². The average Bonchev–Trinajstić information content (AvgIpc) is 3.15. The number of ether oxygens (including phenoxy) is 1. The van der Waals surface area contributed by atoms with E-state index in [1.165, 1.54) is 0 Å². The van der Waals surface area contributed by atoms with Crippen LogP contribution in [-0.2, 0) is 9.53 Å². The van der Waals surface area contributed by atoms with Gasteiger partial charge in [0.15, 0.2) is 11.4 Å². The molecule has 3 aliphatic rings. The summed E-state index contributed by atoms with van der Waals surface area (Å²) in [6.45, 7) is 7.59. The largest absolute Gasteiger partial charge is 0.393 e. The molecule has 2 N–H and O–H groups in total. The Morgan fingerprint density at radius 2 is 2.32 bits per heavy atom. The molecule has 0 amide bonds. The van der Waals surface area contributed by atoms with Gasteiger partial charge in [0.05, 0.1) is 12.7 Å². The molecule has 3 rings (SSSR count). The SMILES string of the molecule is C=C(CO)[C@]12O[C@H]1[C@]1(C)C(=CC2=O)CC[C@H](O)[C@H]1C. The van der Waals surface area contributed by atoms with E-state index in [1.54, 1.807) is 6.08 Å². The third-order valence-electron chi connectivity index (χ3n) is 5.47. The second-order valence-electron chi connectivity index (χ2n) is 6.21. The fourth-order valence-corrected chi connectivity index (χ4v) is 3.86. The molecule has 4 heteroatoms. The molecule has 1 aliphatic heterocycles. The van der Waals surface area contributed by atoms with Gasteiger partial charge >= 0.3 is 0 Å². The molecule has 5 atom stereocenters. The minimum atomic E-state index is -1.04. The maximum Gasteiger partial charge on any atom is 0.194 e. The average molecular weight is 264 g/mol. The van der Waals surface area contributed by atoms with Crippen LogP contribution in [-0.4, -0.2) is 40.4 Å². The molecule has 1 saturated carbocycles. The summed E-state index contributed by atoms with van der Waals surface area (Å²) in [7, 11) is 0. The normalized spacial score (nSPS) is 48.1. The van der Waals surface area contributed by atoms with Gasteiger partial charge in [0.2, 0.25) is 0 Å². The number of epoxide rings is 1. The Morgan fingerprint density at radius 3 is 2.95 bits per heavy atom. The first-order valence-electron chi connectivity index (χ1n) is 6.79. The monoisotopic (exact) mass is 264 g/mol. The van der Waals surface area contributed by atoms with Crippen LogP contribution in [0.4, 0.5) is 0 Å². The lowest BCUT2D eigenvalue weighted by atomic mass is 9.57. The minimum Gasteiger partial charge on any atom is -0.393 e. The number of ketones is 1. The van der Waals surface area contributed by atoms with Gasteiger partial charge in [-0.2, -0.15) is 0 Å². The number of aliphatic hydroxyl groups excluding tert-OH is 2. The number of fused-ring (bicyclic) bond motifs is 3. The second kappa shape index (κ2) is 3.78. The standard InChI is InChI=1S/C15H20O4/c1-8(7-16)15-12(18)6-10-4-5-11(17)9(2)14(10,3)13(15)19-15/h6,9,11,13,16-17H,1,4-5,7H2,2-3H3/t9-,11+,13+,14+,15-/m1/s1. The van der Waals surface area contributed by atoms with Crippen LogP contribution in [0.2, 0.25) is 0 Å². The Bertz CT molecular complexity index is 494. The van der Waals surface area contributed by atoms with Gasteiger partial charge in [-0.15, -0.1) is 0 Å². The Balaban J connectivity index is 2.07. The lowest BCUT2D eigenvalue weighted by Crippen LogP contribution is -2.50. The zero-order chi connectivity index (χ0) is 14.0. The molecule has 0 radical (unpaired) electrons. The highest BCUT2D eigenvalue weighted by molar-refractivity contribution is 6.04. The summed E-state index contributed by atoms with van der Waals surface area (Å²) in [5, 5.41) is 19.4. The smallest absolute Gasteiger partial charge is 0.194 e. The van der Waals surface area contributed by atoms with Crippen molar-refractivity contribution < 1.29 is 19.7 Å². The topological polar surface area (TPSA) is 70.1 Å². The molecule has 19 heavy (non-hydrogen) atoms. The number of carbonyl (C=O) groups excluding carboxylic acids is 1. The molecule has 0 aromatic heterocycles. The summed E-state index contributed by atoms with van der Waals surface area (Å²) >= 11 is 0. The van der Waals surface area contributed by atoms with Crippen molar-refractivity contribution in [3.05, 3.63) is 23.8 Å². The van der Waals surface area contributed by atoms with Gasteiger partial charge in [-0.25, -0.2) is 0 Å². The molecule has 0 bridgehead atoms. The summed E-state index contributed by atoms with van der Waals surface area (Å²) in [6, 6.07) is 0. The molecular formula is C15H20O4. The summed E-state index contributed by atoms with van der Waals surface area (Å²) < 4.78 is 5.75. The number of carbonyl (C=O) groups is 1. The third-order valence-corrected chi connectivity index (χ3v) is 5.47. The Labute approximate surface area is 112 Å². The predicted molar refractivity (Wildman–Crippen MR) is 69.4 cm³/mol. The number of hydrogen-bond acceptors (Lipinski definition) is 4. The van der Waals surface area contributed by atoms with Crippen LogP contribution < -0.4 is 0 Å². The maximum absolute atomic E-state index is 12.3. The summed E-state index contributed by atoms with van der Waals surface area (Å²) in [4.78, 5) is 12.3. The van der Waals surface area contributed by atoms with Crippen molar-refractivity contribution in [2.75, 3.05) is 6.61 Å². The van der Waals surface area contributed by atoms with Crippen molar-refractivity contribution in [2.24, 2.45) is 11.3 Å². The first-order valence-corrected chi connectivity index (χ1v) is 6.79. The maximum atomic E-state index is 12.3. The molecule has 0 spiro atoms. The highest BCUT2D eigenvalue weighted by Gasteiger charge is 2.74. The Morgan fingerprint density at radius 1 is 1.63 bits per heavy atom. The van der Waals surface area contributed by atoms with Crippen molar-refractivity contribution >= 4 is 5.78 Å². The molecule has 2 aliphatic carbocycles. The zero-order valence-electron chi connectivity index (χ0n) is 11.3. The first-order chi connectivity index (χ1) is 8.88. The van der Waals surface area contributed by atoms with Crippen LogP contribution in [0.3, 0.4) is 0 Å². The van der Waals surface area contributed by atoms with Gasteiger partial charge in [-0.1, -0.05) is 26.0 Å². The quantitative estimate of drug-likeness (QED) is 0.576. The fraction of sp³-hybridized carbons (Fsp3) is 0.667. The lowest BCUT2D eigenvalue weighted by molar-refractivity contribution is -0.119. The van der Waals surface area contributed by atoms with E-state index in [1.807, 2.05) is 6.92 Å². The van der Waals surface area contributed by atoms with Gasteiger partial charge in [-0.05, 0) is 30.4 Å². The zero-order valence-corrected chi connectivity index (χ0v) is 11.3. The molecule has 104 valence electrons. The lowest BCUT2D eigenvalue weighted by Gasteiger charge is -2.46. The number of hydrogen-bond donors (Lipinski definition) is 2. The van der Waals surface area contributed by atoms with E-state index in [2.05, 4.69) is 13.5 Å².